The predicted molar refractivity (Wildman–Crippen MR) is 101 cm³/mol. The summed E-state index contributed by atoms with van der Waals surface area (Å²) < 4.78 is 0. The Labute approximate surface area is 157 Å². The molecule has 1 unspecified atom stereocenters. The number of hydrogen-bond donors (Lipinski definition) is 2. The van der Waals surface area contributed by atoms with Gasteiger partial charge in [-0.3, -0.25) is 14.4 Å². The van der Waals surface area contributed by atoms with Crippen molar-refractivity contribution in [3.8, 4) is 0 Å². The summed E-state index contributed by atoms with van der Waals surface area (Å²) in [4.78, 5) is 38.3. The highest BCUT2D eigenvalue weighted by molar-refractivity contribution is 6.27. The minimum atomic E-state index is -2.14. The van der Waals surface area contributed by atoms with Gasteiger partial charge in [0.05, 0.1) is 12.0 Å². The van der Waals surface area contributed by atoms with Crippen LogP contribution in [0.5, 0.6) is 0 Å². The predicted octanol–water partition coefficient (Wildman–Crippen LogP) is 2.95. The van der Waals surface area contributed by atoms with E-state index in [4.69, 9.17) is 0 Å². The number of carbonyl (C=O) groups excluding carboxylic acids is 3. The van der Waals surface area contributed by atoms with E-state index in [1.165, 1.54) is 0 Å². The molecule has 0 aromatic carbocycles. The van der Waals surface area contributed by atoms with E-state index in [0.717, 1.165) is 0 Å². The first-order valence-electron chi connectivity index (χ1n) is 9.94. The first-order valence-corrected chi connectivity index (χ1v) is 9.94. The summed E-state index contributed by atoms with van der Waals surface area (Å²) in [6.45, 7) is 11.7. The molecular weight excluding hydrogens is 332 g/mol. The average Bonchev–Trinajstić information content (AvgIpc) is 2.69. The van der Waals surface area contributed by atoms with Crippen LogP contribution in [0.3, 0.4) is 0 Å². The fourth-order valence-corrected chi connectivity index (χ4v) is 3.75. The van der Waals surface area contributed by atoms with Gasteiger partial charge in [0.25, 0.3) is 0 Å². The number of carbonyl (C=O) groups is 3. The van der Waals surface area contributed by atoms with Gasteiger partial charge in [0.15, 0.2) is 23.0 Å². The SMILES string of the molecule is CC(C)CC[C@@H](O)[C@@]1(O)C(=O)C(C(=O)CC(C)C)C(=O)[C@@H]1CCC(C)C. The van der Waals surface area contributed by atoms with Crippen molar-refractivity contribution < 1.29 is 24.6 Å². The maximum Gasteiger partial charge on any atom is 0.185 e. The van der Waals surface area contributed by atoms with E-state index in [1.807, 2.05) is 41.5 Å². The van der Waals surface area contributed by atoms with Crippen molar-refractivity contribution in [3.63, 3.8) is 0 Å². The number of aliphatic hydroxyl groups excluding tert-OH is 1. The molecule has 1 aliphatic rings. The molecule has 0 aliphatic heterocycles. The molecule has 1 aliphatic carbocycles. The molecule has 0 bridgehead atoms. The second-order valence-corrected chi connectivity index (χ2v) is 9.10. The highest BCUT2D eigenvalue weighted by atomic mass is 16.4. The lowest BCUT2D eigenvalue weighted by molar-refractivity contribution is -0.157. The standard InChI is InChI=1S/C21H36O5/c1-12(2)7-9-15-19(24)18(16(22)11-14(5)6)20(25)21(15,26)17(23)10-8-13(3)4/h12-15,17-18,23,26H,7-11H2,1-6H3/t15-,17+,18?,21+/m0/s1. The molecule has 0 aromatic heterocycles. The summed E-state index contributed by atoms with van der Waals surface area (Å²) in [5.74, 6) is -3.54. The van der Waals surface area contributed by atoms with Crippen LogP contribution in [0, 0.1) is 29.6 Å². The Morgan fingerprint density at radius 3 is 1.96 bits per heavy atom. The summed E-state index contributed by atoms with van der Waals surface area (Å²) in [6.07, 6.45) is 0.618. The van der Waals surface area contributed by atoms with Gasteiger partial charge in [-0.05, 0) is 37.0 Å². The van der Waals surface area contributed by atoms with Crippen molar-refractivity contribution in [2.24, 2.45) is 29.6 Å². The molecule has 1 saturated carbocycles. The number of aliphatic hydroxyl groups is 2. The van der Waals surface area contributed by atoms with Gasteiger partial charge in [0.1, 0.15) is 5.92 Å². The summed E-state index contributed by atoms with van der Waals surface area (Å²) in [6, 6.07) is 0. The lowest BCUT2D eigenvalue weighted by Crippen LogP contribution is -2.52. The highest BCUT2D eigenvalue weighted by Gasteiger charge is 2.63. The monoisotopic (exact) mass is 368 g/mol. The van der Waals surface area contributed by atoms with Gasteiger partial charge in [-0.15, -0.1) is 0 Å². The van der Waals surface area contributed by atoms with E-state index in [-0.39, 0.29) is 18.8 Å². The summed E-state index contributed by atoms with van der Waals surface area (Å²) in [5.41, 5.74) is -2.14. The van der Waals surface area contributed by atoms with Crippen molar-refractivity contribution in [1.82, 2.24) is 0 Å². The fraction of sp³-hybridized carbons (Fsp3) is 0.857. The molecule has 1 rings (SSSR count). The minimum Gasteiger partial charge on any atom is -0.390 e. The van der Waals surface area contributed by atoms with Gasteiger partial charge in [-0.1, -0.05) is 48.0 Å². The van der Waals surface area contributed by atoms with Gasteiger partial charge in [-0.2, -0.15) is 0 Å². The van der Waals surface area contributed by atoms with Crippen LogP contribution in [-0.2, 0) is 14.4 Å². The Balaban J connectivity index is 3.17. The van der Waals surface area contributed by atoms with Gasteiger partial charge in [0, 0.05) is 6.42 Å². The van der Waals surface area contributed by atoms with Gasteiger partial charge in [0.2, 0.25) is 0 Å². The molecule has 4 atom stereocenters. The molecule has 5 nitrogen and oxygen atoms in total. The minimum absolute atomic E-state index is 0.0248. The van der Waals surface area contributed by atoms with Crippen molar-refractivity contribution in [3.05, 3.63) is 0 Å². The van der Waals surface area contributed by atoms with Crippen LogP contribution < -0.4 is 0 Å². The Kier molecular flexibility index (Phi) is 8.15. The third-order valence-corrected chi connectivity index (χ3v) is 5.31. The Morgan fingerprint density at radius 2 is 1.50 bits per heavy atom. The van der Waals surface area contributed by atoms with Crippen LogP contribution in [0.15, 0.2) is 0 Å². The Morgan fingerprint density at radius 1 is 0.962 bits per heavy atom. The number of Topliss-reactive ketones (excluding diaryl/α,β-unsaturated/α-hetero) is 3. The molecule has 26 heavy (non-hydrogen) atoms. The Bertz CT molecular complexity index is 522. The van der Waals surface area contributed by atoms with Crippen molar-refractivity contribution in [1.29, 1.82) is 0 Å². The summed E-state index contributed by atoms with van der Waals surface area (Å²) in [7, 11) is 0. The number of rotatable bonds is 10. The fourth-order valence-electron chi connectivity index (χ4n) is 3.75. The quantitative estimate of drug-likeness (QED) is 0.579. The van der Waals surface area contributed by atoms with Crippen LogP contribution in [0.1, 0.15) is 73.6 Å². The van der Waals surface area contributed by atoms with Crippen LogP contribution in [0.2, 0.25) is 0 Å². The normalized spacial score (nSPS) is 27.8. The van der Waals surface area contributed by atoms with Crippen molar-refractivity contribution in [2.75, 3.05) is 0 Å². The maximum atomic E-state index is 13.0. The third-order valence-electron chi connectivity index (χ3n) is 5.31. The van der Waals surface area contributed by atoms with Crippen LogP contribution in [0.25, 0.3) is 0 Å². The second kappa shape index (κ2) is 9.23. The van der Waals surface area contributed by atoms with E-state index < -0.39 is 40.9 Å². The zero-order chi connectivity index (χ0) is 20.2. The highest BCUT2D eigenvalue weighted by Crippen LogP contribution is 2.42. The zero-order valence-corrected chi connectivity index (χ0v) is 17.1. The second-order valence-electron chi connectivity index (χ2n) is 9.10. The van der Waals surface area contributed by atoms with Crippen LogP contribution >= 0.6 is 0 Å². The smallest absolute Gasteiger partial charge is 0.185 e. The molecule has 1 fully saturated rings. The topological polar surface area (TPSA) is 91.7 Å². The Hall–Kier alpha value is -1.07. The van der Waals surface area contributed by atoms with Crippen molar-refractivity contribution in [2.45, 2.75) is 85.4 Å². The molecule has 0 amide bonds. The first kappa shape index (κ1) is 23.0. The lowest BCUT2D eigenvalue weighted by Gasteiger charge is -2.33. The number of ketones is 3. The molecule has 0 heterocycles. The van der Waals surface area contributed by atoms with E-state index in [2.05, 4.69) is 0 Å². The van der Waals surface area contributed by atoms with E-state index in [1.54, 1.807) is 0 Å². The third kappa shape index (κ3) is 5.01. The molecule has 2 N–H and O–H groups in total. The molecule has 150 valence electrons. The number of hydrogen-bond acceptors (Lipinski definition) is 5. The van der Waals surface area contributed by atoms with Gasteiger partial charge < -0.3 is 10.2 Å². The zero-order valence-electron chi connectivity index (χ0n) is 17.1. The molecule has 0 radical (unpaired) electrons. The summed E-state index contributed by atoms with van der Waals surface area (Å²) >= 11 is 0. The molecule has 0 spiro atoms. The van der Waals surface area contributed by atoms with Crippen molar-refractivity contribution >= 4 is 17.3 Å². The van der Waals surface area contributed by atoms with E-state index in [9.17, 15) is 24.6 Å². The molecule has 5 heteroatoms. The van der Waals surface area contributed by atoms with E-state index >= 15 is 0 Å². The molecule has 0 saturated heterocycles. The summed E-state index contributed by atoms with van der Waals surface area (Å²) in [5, 5.41) is 21.8. The maximum absolute atomic E-state index is 13.0. The van der Waals surface area contributed by atoms with Crippen LogP contribution in [-0.4, -0.2) is 39.3 Å². The largest absolute Gasteiger partial charge is 0.390 e. The van der Waals surface area contributed by atoms with Gasteiger partial charge >= 0.3 is 0 Å². The molecule has 0 aromatic rings. The first-order chi connectivity index (χ1) is 11.9. The van der Waals surface area contributed by atoms with Gasteiger partial charge in [-0.25, -0.2) is 0 Å². The molecular formula is C21H36O5. The van der Waals surface area contributed by atoms with E-state index in [0.29, 0.717) is 31.1 Å². The lowest BCUT2D eigenvalue weighted by atomic mass is 9.78. The van der Waals surface area contributed by atoms with Crippen LogP contribution in [0.4, 0.5) is 0 Å². The average molecular weight is 369 g/mol.